The zero-order chi connectivity index (χ0) is 13.9. The summed E-state index contributed by atoms with van der Waals surface area (Å²) < 4.78 is 26.8. The fourth-order valence-corrected chi connectivity index (χ4v) is 4.18. The third-order valence-electron chi connectivity index (χ3n) is 3.71. The molecule has 1 rings (SSSR count). The lowest BCUT2D eigenvalue weighted by molar-refractivity contribution is 0.216. The summed E-state index contributed by atoms with van der Waals surface area (Å²) in [5.41, 5.74) is 0. The van der Waals surface area contributed by atoms with E-state index in [2.05, 4.69) is 12.2 Å². The van der Waals surface area contributed by atoms with Crippen LogP contribution < -0.4 is 5.32 Å². The van der Waals surface area contributed by atoms with Crippen molar-refractivity contribution in [2.75, 3.05) is 13.1 Å². The SMILES string of the molecule is CC1CCC(C)N(S(=O)(=O)C(C)CNC(C)C)C1. The van der Waals surface area contributed by atoms with Gasteiger partial charge in [-0.1, -0.05) is 20.8 Å². The van der Waals surface area contributed by atoms with E-state index >= 15 is 0 Å². The van der Waals surface area contributed by atoms with Crippen LogP contribution >= 0.6 is 0 Å². The molecule has 1 aliphatic heterocycles. The lowest BCUT2D eigenvalue weighted by Gasteiger charge is -2.37. The molecule has 108 valence electrons. The second kappa shape index (κ2) is 6.35. The topological polar surface area (TPSA) is 49.4 Å². The molecule has 0 aliphatic carbocycles. The molecule has 1 N–H and O–H groups in total. The molecule has 0 aromatic heterocycles. The number of sulfonamides is 1. The number of rotatable bonds is 5. The minimum Gasteiger partial charge on any atom is -0.313 e. The zero-order valence-electron chi connectivity index (χ0n) is 12.3. The number of nitrogens with zero attached hydrogens (tertiary/aromatic N) is 1. The molecule has 1 heterocycles. The molecule has 0 bridgehead atoms. The highest BCUT2D eigenvalue weighted by molar-refractivity contribution is 7.89. The maximum atomic E-state index is 12.5. The van der Waals surface area contributed by atoms with Gasteiger partial charge in [-0.3, -0.25) is 0 Å². The molecular formula is C13H28N2O2S. The molecule has 0 radical (unpaired) electrons. The molecule has 0 aromatic rings. The third kappa shape index (κ3) is 3.93. The first-order chi connectivity index (χ1) is 8.25. The smallest absolute Gasteiger partial charge is 0.218 e. The maximum absolute atomic E-state index is 12.5. The van der Waals surface area contributed by atoms with Gasteiger partial charge in [-0.25, -0.2) is 8.42 Å². The van der Waals surface area contributed by atoms with Crippen LogP contribution in [0, 0.1) is 5.92 Å². The maximum Gasteiger partial charge on any atom is 0.218 e. The number of nitrogens with one attached hydrogen (secondary N) is 1. The number of hydrogen-bond acceptors (Lipinski definition) is 3. The summed E-state index contributed by atoms with van der Waals surface area (Å²) in [6, 6.07) is 0.466. The summed E-state index contributed by atoms with van der Waals surface area (Å²) in [4.78, 5) is 0. The van der Waals surface area contributed by atoms with Crippen molar-refractivity contribution in [1.29, 1.82) is 0 Å². The monoisotopic (exact) mass is 276 g/mol. The normalized spacial score (nSPS) is 28.6. The molecule has 0 aromatic carbocycles. The van der Waals surface area contributed by atoms with Gasteiger partial charge in [-0.2, -0.15) is 4.31 Å². The van der Waals surface area contributed by atoms with Crippen LogP contribution in [0.3, 0.4) is 0 Å². The van der Waals surface area contributed by atoms with Crippen LogP contribution in [-0.2, 0) is 10.0 Å². The van der Waals surface area contributed by atoms with Crippen LogP contribution in [0.5, 0.6) is 0 Å². The van der Waals surface area contributed by atoms with Gasteiger partial charge < -0.3 is 5.32 Å². The molecule has 1 saturated heterocycles. The van der Waals surface area contributed by atoms with E-state index in [1.165, 1.54) is 0 Å². The molecule has 0 spiro atoms. The van der Waals surface area contributed by atoms with E-state index in [4.69, 9.17) is 0 Å². The van der Waals surface area contributed by atoms with Crippen molar-refractivity contribution in [3.8, 4) is 0 Å². The highest BCUT2D eigenvalue weighted by atomic mass is 32.2. The average Bonchev–Trinajstić information content (AvgIpc) is 2.28. The largest absolute Gasteiger partial charge is 0.313 e. The van der Waals surface area contributed by atoms with Gasteiger partial charge in [0.15, 0.2) is 0 Å². The van der Waals surface area contributed by atoms with E-state index in [0.29, 0.717) is 25.0 Å². The van der Waals surface area contributed by atoms with E-state index < -0.39 is 10.0 Å². The Morgan fingerprint density at radius 2 is 1.83 bits per heavy atom. The van der Waals surface area contributed by atoms with Gasteiger partial charge in [0, 0.05) is 25.2 Å². The molecular weight excluding hydrogens is 248 g/mol. The zero-order valence-corrected chi connectivity index (χ0v) is 13.1. The van der Waals surface area contributed by atoms with Crippen LogP contribution in [0.25, 0.3) is 0 Å². The molecule has 0 saturated carbocycles. The van der Waals surface area contributed by atoms with Gasteiger partial charge in [0.1, 0.15) is 0 Å². The Hall–Kier alpha value is -0.130. The highest BCUT2D eigenvalue weighted by Gasteiger charge is 2.35. The summed E-state index contributed by atoms with van der Waals surface area (Å²) in [5.74, 6) is 0.473. The van der Waals surface area contributed by atoms with Crippen LogP contribution in [0.1, 0.15) is 47.5 Å². The quantitative estimate of drug-likeness (QED) is 0.833. The Labute approximate surface area is 112 Å². The predicted octanol–water partition coefficient (Wildman–Crippen LogP) is 1.82. The van der Waals surface area contributed by atoms with Crippen LogP contribution in [0.15, 0.2) is 0 Å². The molecule has 1 aliphatic rings. The Balaban J connectivity index is 2.71. The molecule has 18 heavy (non-hydrogen) atoms. The van der Waals surface area contributed by atoms with Gasteiger partial charge in [0.05, 0.1) is 5.25 Å². The van der Waals surface area contributed by atoms with Crippen molar-refractivity contribution < 1.29 is 8.42 Å². The Morgan fingerprint density at radius 3 is 2.39 bits per heavy atom. The van der Waals surface area contributed by atoms with Gasteiger partial charge in [-0.15, -0.1) is 0 Å². The average molecular weight is 276 g/mol. The van der Waals surface area contributed by atoms with Gasteiger partial charge in [0.25, 0.3) is 0 Å². The van der Waals surface area contributed by atoms with Crippen molar-refractivity contribution in [3.63, 3.8) is 0 Å². The van der Waals surface area contributed by atoms with Crippen molar-refractivity contribution >= 4 is 10.0 Å². The van der Waals surface area contributed by atoms with Crippen molar-refractivity contribution in [1.82, 2.24) is 9.62 Å². The fraction of sp³-hybridized carbons (Fsp3) is 1.00. The van der Waals surface area contributed by atoms with Crippen LogP contribution in [0.2, 0.25) is 0 Å². The summed E-state index contributed by atoms with van der Waals surface area (Å²) >= 11 is 0. The number of hydrogen-bond donors (Lipinski definition) is 1. The van der Waals surface area contributed by atoms with E-state index in [-0.39, 0.29) is 11.3 Å². The van der Waals surface area contributed by atoms with Crippen LogP contribution in [-0.4, -0.2) is 43.1 Å². The summed E-state index contributed by atoms with van der Waals surface area (Å²) in [7, 11) is -3.17. The van der Waals surface area contributed by atoms with E-state index in [0.717, 1.165) is 12.8 Å². The minimum absolute atomic E-state index is 0.146. The first kappa shape index (κ1) is 15.9. The van der Waals surface area contributed by atoms with Crippen molar-refractivity contribution in [2.45, 2.75) is 64.8 Å². The molecule has 3 unspecified atom stereocenters. The minimum atomic E-state index is -3.17. The van der Waals surface area contributed by atoms with E-state index in [9.17, 15) is 8.42 Å². The van der Waals surface area contributed by atoms with Crippen molar-refractivity contribution in [3.05, 3.63) is 0 Å². The Kier molecular flexibility index (Phi) is 5.62. The molecule has 0 amide bonds. The fourth-order valence-electron chi connectivity index (χ4n) is 2.34. The number of piperidine rings is 1. The lowest BCUT2D eigenvalue weighted by atomic mass is 9.97. The second-order valence-electron chi connectivity index (χ2n) is 6.02. The standard InChI is InChI=1S/C13H28N2O2S/c1-10(2)14-8-13(5)18(16,17)15-9-11(3)6-7-12(15)4/h10-14H,6-9H2,1-5H3. The first-order valence-electron chi connectivity index (χ1n) is 6.99. The predicted molar refractivity (Wildman–Crippen MR) is 76.1 cm³/mol. The lowest BCUT2D eigenvalue weighted by Crippen LogP contribution is -2.50. The second-order valence-corrected chi connectivity index (χ2v) is 8.32. The van der Waals surface area contributed by atoms with Gasteiger partial charge in [0.2, 0.25) is 10.0 Å². The van der Waals surface area contributed by atoms with Gasteiger partial charge in [-0.05, 0) is 32.6 Å². The van der Waals surface area contributed by atoms with Gasteiger partial charge >= 0.3 is 0 Å². The van der Waals surface area contributed by atoms with E-state index in [1.807, 2.05) is 20.8 Å². The summed E-state index contributed by atoms with van der Waals surface area (Å²) in [6.07, 6.45) is 2.11. The third-order valence-corrected chi connectivity index (χ3v) is 6.06. The highest BCUT2D eigenvalue weighted by Crippen LogP contribution is 2.25. The van der Waals surface area contributed by atoms with Crippen molar-refractivity contribution in [2.24, 2.45) is 5.92 Å². The molecule has 3 atom stereocenters. The Morgan fingerprint density at radius 1 is 1.22 bits per heavy atom. The molecule has 1 fully saturated rings. The van der Waals surface area contributed by atoms with E-state index in [1.54, 1.807) is 11.2 Å². The summed E-state index contributed by atoms with van der Waals surface area (Å²) in [6.45, 7) is 11.2. The molecule has 4 nitrogen and oxygen atoms in total. The first-order valence-corrected chi connectivity index (χ1v) is 8.49. The summed E-state index contributed by atoms with van der Waals surface area (Å²) in [5, 5.41) is 2.86. The molecule has 5 heteroatoms. The Bertz CT molecular complexity index is 354. The van der Waals surface area contributed by atoms with Crippen LogP contribution in [0.4, 0.5) is 0 Å².